The Morgan fingerprint density at radius 2 is 1.95 bits per heavy atom. The van der Waals surface area contributed by atoms with Crippen molar-refractivity contribution in [1.82, 2.24) is 0 Å². The summed E-state index contributed by atoms with van der Waals surface area (Å²) in [7, 11) is 1.39. The summed E-state index contributed by atoms with van der Waals surface area (Å²) in [5.41, 5.74) is 0.372. The highest BCUT2D eigenvalue weighted by atomic mass is 35.5. The fraction of sp³-hybridized carbons (Fsp3) is 0.0714. The lowest BCUT2D eigenvalue weighted by Gasteiger charge is -2.06. The first kappa shape index (κ1) is 14.8. The van der Waals surface area contributed by atoms with E-state index >= 15 is 0 Å². The molecule has 6 nitrogen and oxygen atoms in total. The molecule has 0 radical (unpaired) electrons. The van der Waals surface area contributed by atoms with E-state index in [0.717, 1.165) is 0 Å². The third kappa shape index (κ3) is 3.93. The second kappa shape index (κ2) is 6.71. The van der Waals surface area contributed by atoms with Crippen molar-refractivity contribution in [2.45, 2.75) is 0 Å². The molecule has 0 heterocycles. The first-order chi connectivity index (χ1) is 10.1. The average molecular weight is 307 g/mol. The number of ether oxygens (including phenoxy) is 1. The Hall–Kier alpha value is -2.60. The van der Waals surface area contributed by atoms with Crippen LogP contribution in [0.4, 0.5) is 5.69 Å². The molecule has 0 aliphatic rings. The SMILES string of the molecule is CO/N=C\c1ccc(Oc2ccc(Cl)cc2)c([N+](=O)[O-])c1. The highest BCUT2D eigenvalue weighted by molar-refractivity contribution is 6.30. The van der Waals surface area contributed by atoms with Crippen molar-refractivity contribution in [3.63, 3.8) is 0 Å². The van der Waals surface area contributed by atoms with Gasteiger partial charge in [0.2, 0.25) is 5.75 Å². The standard InChI is InChI=1S/C14H11ClN2O4/c1-20-16-9-10-2-7-14(13(8-10)17(18)19)21-12-5-3-11(15)4-6-12/h2-9H,1H3/b16-9-. The molecular formula is C14H11ClN2O4. The molecule has 0 saturated heterocycles. The molecule has 0 saturated carbocycles. The largest absolute Gasteiger partial charge is 0.450 e. The molecular weight excluding hydrogens is 296 g/mol. The average Bonchev–Trinajstić information content (AvgIpc) is 2.48. The van der Waals surface area contributed by atoms with E-state index in [1.807, 2.05) is 0 Å². The van der Waals surface area contributed by atoms with Gasteiger partial charge in [-0.05, 0) is 36.4 Å². The molecule has 21 heavy (non-hydrogen) atoms. The minimum absolute atomic E-state index is 0.136. The maximum Gasteiger partial charge on any atom is 0.312 e. The molecule has 7 heteroatoms. The lowest BCUT2D eigenvalue weighted by atomic mass is 10.2. The van der Waals surface area contributed by atoms with Crippen molar-refractivity contribution in [3.8, 4) is 11.5 Å². The second-order valence-corrected chi connectivity index (χ2v) is 4.39. The smallest absolute Gasteiger partial charge is 0.312 e. The Labute approximate surface area is 125 Å². The van der Waals surface area contributed by atoms with Crippen LogP contribution in [0.15, 0.2) is 47.6 Å². The molecule has 0 aromatic heterocycles. The summed E-state index contributed by atoms with van der Waals surface area (Å²) in [6.45, 7) is 0. The van der Waals surface area contributed by atoms with Gasteiger partial charge in [-0.25, -0.2) is 0 Å². The number of nitro benzene ring substituents is 1. The number of benzene rings is 2. The van der Waals surface area contributed by atoms with E-state index in [2.05, 4.69) is 9.99 Å². The van der Waals surface area contributed by atoms with Crippen LogP contribution in [0.2, 0.25) is 5.02 Å². The number of hydrogen-bond acceptors (Lipinski definition) is 5. The van der Waals surface area contributed by atoms with E-state index < -0.39 is 4.92 Å². The molecule has 0 aliphatic heterocycles. The Bertz CT molecular complexity index is 671. The predicted octanol–water partition coefficient (Wildman–Crippen LogP) is 4.02. The normalized spacial score (nSPS) is 10.6. The van der Waals surface area contributed by atoms with Crippen LogP contribution in [0, 0.1) is 10.1 Å². The van der Waals surface area contributed by atoms with Crippen LogP contribution < -0.4 is 4.74 Å². The van der Waals surface area contributed by atoms with Crippen molar-refractivity contribution in [2.75, 3.05) is 7.11 Å². The molecule has 2 aromatic rings. The summed E-state index contributed by atoms with van der Waals surface area (Å²) in [4.78, 5) is 15.1. The van der Waals surface area contributed by atoms with E-state index in [4.69, 9.17) is 16.3 Å². The fourth-order valence-electron chi connectivity index (χ4n) is 1.59. The Balaban J connectivity index is 2.32. The van der Waals surface area contributed by atoms with E-state index in [1.54, 1.807) is 30.3 Å². The van der Waals surface area contributed by atoms with Crippen LogP contribution in [0.3, 0.4) is 0 Å². The summed E-state index contributed by atoms with van der Waals surface area (Å²) in [5, 5.41) is 15.2. The molecule has 108 valence electrons. The zero-order valence-electron chi connectivity index (χ0n) is 11.0. The number of oxime groups is 1. The maximum absolute atomic E-state index is 11.1. The van der Waals surface area contributed by atoms with Crippen LogP contribution in [0.5, 0.6) is 11.5 Å². The minimum Gasteiger partial charge on any atom is -0.450 e. The van der Waals surface area contributed by atoms with Gasteiger partial charge in [0.15, 0.2) is 0 Å². The van der Waals surface area contributed by atoms with Crippen molar-refractivity contribution in [3.05, 3.63) is 63.2 Å². The first-order valence-corrected chi connectivity index (χ1v) is 6.26. The lowest BCUT2D eigenvalue weighted by molar-refractivity contribution is -0.385. The van der Waals surface area contributed by atoms with E-state index in [9.17, 15) is 10.1 Å². The molecule has 0 N–H and O–H groups in total. The monoisotopic (exact) mass is 306 g/mol. The summed E-state index contributed by atoms with van der Waals surface area (Å²) in [6.07, 6.45) is 1.37. The highest BCUT2D eigenvalue weighted by Crippen LogP contribution is 2.32. The van der Waals surface area contributed by atoms with Gasteiger partial charge in [0.25, 0.3) is 0 Å². The van der Waals surface area contributed by atoms with E-state index in [-0.39, 0.29) is 11.4 Å². The summed E-state index contributed by atoms with van der Waals surface area (Å²) in [5.74, 6) is 0.595. The Morgan fingerprint density at radius 1 is 1.24 bits per heavy atom. The van der Waals surface area contributed by atoms with Crippen LogP contribution in [-0.2, 0) is 4.84 Å². The Morgan fingerprint density at radius 3 is 2.57 bits per heavy atom. The van der Waals surface area contributed by atoms with Crippen LogP contribution in [0.25, 0.3) is 0 Å². The van der Waals surface area contributed by atoms with Crippen molar-refractivity contribution in [1.29, 1.82) is 0 Å². The van der Waals surface area contributed by atoms with Gasteiger partial charge in [-0.15, -0.1) is 0 Å². The van der Waals surface area contributed by atoms with Crippen LogP contribution in [0.1, 0.15) is 5.56 Å². The van der Waals surface area contributed by atoms with Crippen molar-refractivity contribution < 1.29 is 14.5 Å². The molecule has 0 spiro atoms. The highest BCUT2D eigenvalue weighted by Gasteiger charge is 2.16. The van der Waals surface area contributed by atoms with Gasteiger partial charge in [-0.2, -0.15) is 0 Å². The fourth-order valence-corrected chi connectivity index (χ4v) is 1.71. The van der Waals surface area contributed by atoms with Gasteiger partial charge in [-0.1, -0.05) is 16.8 Å². The van der Waals surface area contributed by atoms with Gasteiger partial charge in [0.1, 0.15) is 12.9 Å². The molecule has 2 aromatic carbocycles. The molecule has 2 rings (SSSR count). The number of halogens is 1. The lowest BCUT2D eigenvalue weighted by Crippen LogP contribution is -1.95. The molecule has 0 unspecified atom stereocenters. The Kier molecular flexibility index (Phi) is 4.73. The van der Waals surface area contributed by atoms with E-state index in [0.29, 0.717) is 16.3 Å². The number of rotatable bonds is 5. The maximum atomic E-state index is 11.1. The van der Waals surface area contributed by atoms with Gasteiger partial charge < -0.3 is 9.57 Å². The van der Waals surface area contributed by atoms with Gasteiger partial charge in [0, 0.05) is 16.7 Å². The van der Waals surface area contributed by atoms with Crippen molar-refractivity contribution >= 4 is 23.5 Å². The topological polar surface area (TPSA) is 74.0 Å². The van der Waals surface area contributed by atoms with Gasteiger partial charge in [0.05, 0.1) is 11.1 Å². The number of nitrogens with zero attached hydrogens (tertiary/aromatic N) is 2. The zero-order chi connectivity index (χ0) is 15.2. The third-order valence-corrected chi connectivity index (χ3v) is 2.78. The van der Waals surface area contributed by atoms with Gasteiger partial charge >= 0.3 is 5.69 Å². The number of hydrogen-bond donors (Lipinski definition) is 0. The van der Waals surface area contributed by atoms with Crippen LogP contribution >= 0.6 is 11.6 Å². The zero-order valence-corrected chi connectivity index (χ0v) is 11.8. The quantitative estimate of drug-likeness (QED) is 0.475. The molecule has 0 atom stereocenters. The number of nitro groups is 1. The molecule has 0 fully saturated rings. The van der Waals surface area contributed by atoms with Gasteiger partial charge in [-0.3, -0.25) is 10.1 Å². The van der Waals surface area contributed by atoms with E-state index in [1.165, 1.54) is 25.5 Å². The van der Waals surface area contributed by atoms with Crippen LogP contribution in [-0.4, -0.2) is 18.2 Å². The summed E-state index contributed by atoms with van der Waals surface area (Å²) >= 11 is 5.78. The second-order valence-electron chi connectivity index (χ2n) is 3.96. The molecule has 0 bridgehead atoms. The molecule has 0 aliphatic carbocycles. The summed E-state index contributed by atoms with van der Waals surface area (Å²) < 4.78 is 5.51. The molecule has 0 amide bonds. The minimum atomic E-state index is -0.518. The van der Waals surface area contributed by atoms with Crippen molar-refractivity contribution in [2.24, 2.45) is 5.16 Å². The predicted molar refractivity (Wildman–Crippen MR) is 79.2 cm³/mol. The third-order valence-electron chi connectivity index (χ3n) is 2.53. The summed E-state index contributed by atoms with van der Waals surface area (Å²) in [6, 6.07) is 11.0. The first-order valence-electron chi connectivity index (χ1n) is 5.88.